The zero-order valence-corrected chi connectivity index (χ0v) is 20.2. The van der Waals surface area contributed by atoms with Gasteiger partial charge < -0.3 is 28.4 Å². The van der Waals surface area contributed by atoms with Crippen molar-refractivity contribution >= 4 is 17.6 Å². The minimum Gasteiger partial charge on any atom is -0.491 e. The van der Waals surface area contributed by atoms with Crippen LogP contribution in [0.3, 0.4) is 0 Å². The van der Waals surface area contributed by atoms with Crippen molar-refractivity contribution in [3.8, 4) is 23.0 Å². The van der Waals surface area contributed by atoms with Gasteiger partial charge in [-0.3, -0.25) is 10.1 Å². The van der Waals surface area contributed by atoms with Crippen LogP contribution in [0.2, 0.25) is 0 Å². The second-order valence-electron chi connectivity index (χ2n) is 7.39. The Balaban J connectivity index is 1.66. The maximum absolute atomic E-state index is 12.8. The van der Waals surface area contributed by atoms with Gasteiger partial charge in [0.2, 0.25) is 0 Å². The van der Waals surface area contributed by atoms with Gasteiger partial charge in [0.05, 0.1) is 23.7 Å². The van der Waals surface area contributed by atoms with Crippen LogP contribution in [0, 0.1) is 10.1 Å². The molecule has 11 heteroatoms. The molecule has 0 spiro atoms. The van der Waals surface area contributed by atoms with Crippen molar-refractivity contribution in [3.05, 3.63) is 88.0 Å². The van der Waals surface area contributed by atoms with Gasteiger partial charge >= 0.3 is 11.9 Å². The normalized spacial score (nSPS) is 10.4. The van der Waals surface area contributed by atoms with Gasteiger partial charge in [-0.05, 0) is 48.5 Å². The van der Waals surface area contributed by atoms with Crippen molar-refractivity contribution in [3.63, 3.8) is 0 Å². The molecule has 0 saturated heterocycles. The number of nitrogens with zero attached hydrogens (tertiary/aromatic N) is 1. The molecule has 0 fully saturated rings. The third-order valence-corrected chi connectivity index (χ3v) is 4.83. The molecular formula is C26H25NO10. The first-order valence-corrected chi connectivity index (χ1v) is 11.1. The Bertz CT molecular complexity index is 1210. The van der Waals surface area contributed by atoms with Crippen molar-refractivity contribution in [2.45, 2.75) is 0 Å². The standard InChI is InChI=1S/C26H25NO10/c1-32-13-15-34-22-11-12-23(24(17-22)35-16-14-33-2)26(29)37-20-7-3-18(4-8-20)25(28)36-21-9-5-19(6-10-21)27(30)31/h3-12,17H,13-16H2,1-2H3. The number of methoxy groups -OCH3 is 2. The summed E-state index contributed by atoms with van der Waals surface area (Å²) in [6, 6.07) is 15.6. The lowest BCUT2D eigenvalue weighted by Crippen LogP contribution is -2.13. The summed E-state index contributed by atoms with van der Waals surface area (Å²) in [5, 5.41) is 10.7. The summed E-state index contributed by atoms with van der Waals surface area (Å²) in [5.41, 5.74) is 0.252. The average Bonchev–Trinajstić information content (AvgIpc) is 2.90. The Kier molecular flexibility index (Phi) is 9.94. The largest absolute Gasteiger partial charge is 0.491 e. The van der Waals surface area contributed by atoms with Crippen molar-refractivity contribution in [1.29, 1.82) is 0 Å². The smallest absolute Gasteiger partial charge is 0.347 e. The lowest BCUT2D eigenvalue weighted by Gasteiger charge is -2.13. The Morgan fingerprint density at radius 2 is 1.24 bits per heavy atom. The summed E-state index contributed by atoms with van der Waals surface area (Å²) in [6.07, 6.45) is 0. The summed E-state index contributed by atoms with van der Waals surface area (Å²) in [5.74, 6) is -0.235. The van der Waals surface area contributed by atoms with Crippen LogP contribution in [-0.4, -0.2) is 57.5 Å². The molecule has 3 aromatic carbocycles. The van der Waals surface area contributed by atoms with E-state index in [4.69, 9.17) is 28.4 Å². The summed E-state index contributed by atoms with van der Waals surface area (Å²) in [7, 11) is 3.10. The van der Waals surface area contributed by atoms with Crippen LogP contribution in [0.25, 0.3) is 0 Å². The highest BCUT2D eigenvalue weighted by atomic mass is 16.6. The number of esters is 2. The molecule has 37 heavy (non-hydrogen) atoms. The maximum atomic E-state index is 12.8. The van der Waals surface area contributed by atoms with E-state index in [9.17, 15) is 19.7 Å². The molecule has 3 rings (SSSR count). The van der Waals surface area contributed by atoms with Crippen molar-refractivity contribution in [1.82, 2.24) is 0 Å². The second-order valence-corrected chi connectivity index (χ2v) is 7.39. The average molecular weight is 511 g/mol. The quantitative estimate of drug-likeness (QED) is 0.109. The summed E-state index contributed by atoms with van der Waals surface area (Å²) in [6.45, 7) is 1.27. The van der Waals surface area contributed by atoms with E-state index in [0.717, 1.165) is 0 Å². The van der Waals surface area contributed by atoms with Gasteiger partial charge in [0.1, 0.15) is 41.8 Å². The lowest BCUT2D eigenvalue weighted by molar-refractivity contribution is -0.384. The van der Waals surface area contributed by atoms with Crippen LogP contribution in [0.15, 0.2) is 66.7 Å². The molecule has 3 aromatic rings. The summed E-state index contributed by atoms with van der Waals surface area (Å²) < 4.78 is 31.9. The van der Waals surface area contributed by atoms with E-state index in [-0.39, 0.29) is 40.7 Å². The predicted molar refractivity (Wildman–Crippen MR) is 131 cm³/mol. The number of hydrogen-bond acceptors (Lipinski definition) is 10. The van der Waals surface area contributed by atoms with Gasteiger partial charge in [-0.2, -0.15) is 0 Å². The molecule has 0 atom stereocenters. The minimum absolute atomic E-state index is 0.119. The maximum Gasteiger partial charge on any atom is 0.347 e. The van der Waals surface area contributed by atoms with Gasteiger partial charge in [-0.1, -0.05) is 0 Å². The topological polar surface area (TPSA) is 133 Å². The number of benzene rings is 3. The number of nitro groups is 1. The predicted octanol–water partition coefficient (Wildman–Crippen LogP) is 4.08. The highest BCUT2D eigenvalue weighted by molar-refractivity contribution is 5.94. The second kappa shape index (κ2) is 13.6. The van der Waals surface area contributed by atoms with Gasteiger partial charge in [-0.25, -0.2) is 9.59 Å². The van der Waals surface area contributed by atoms with Crippen molar-refractivity contribution in [2.75, 3.05) is 40.6 Å². The molecule has 0 aliphatic heterocycles. The fourth-order valence-corrected chi connectivity index (χ4v) is 2.98. The Labute approximate surface area is 212 Å². The fourth-order valence-electron chi connectivity index (χ4n) is 2.98. The van der Waals surface area contributed by atoms with Crippen LogP contribution in [-0.2, 0) is 9.47 Å². The van der Waals surface area contributed by atoms with E-state index < -0.39 is 16.9 Å². The van der Waals surface area contributed by atoms with Crippen LogP contribution in [0.4, 0.5) is 5.69 Å². The number of rotatable bonds is 13. The third kappa shape index (κ3) is 8.02. The number of non-ortho nitro benzene ring substituents is 1. The van der Waals surface area contributed by atoms with Gasteiger partial charge in [0.25, 0.3) is 5.69 Å². The fraction of sp³-hybridized carbons (Fsp3) is 0.231. The summed E-state index contributed by atoms with van der Waals surface area (Å²) in [4.78, 5) is 35.4. The number of carbonyl (C=O) groups is 2. The van der Waals surface area contributed by atoms with Crippen molar-refractivity contribution in [2.24, 2.45) is 0 Å². The molecule has 0 aliphatic rings. The van der Waals surface area contributed by atoms with E-state index in [1.165, 1.54) is 61.7 Å². The van der Waals surface area contributed by atoms with E-state index in [1.807, 2.05) is 0 Å². The van der Waals surface area contributed by atoms with E-state index in [1.54, 1.807) is 19.2 Å². The number of nitro benzene ring substituents is 1. The molecule has 0 saturated carbocycles. The first-order valence-electron chi connectivity index (χ1n) is 11.1. The molecule has 0 N–H and O–H groups in total. The first-order chi connectivity index (χ1) is 17.9. The molecule has 0 aromatic heterocycles. The van der Waals surface area contributed by atoms with Crippen LogP contribution < -0.4 is 18.9 Å². The monoisotopic (exact) mass is 511 g/mol. The molecule has 0 heterocycles. The molecule has 0 amide bonds. The van der Waals surface area contributed by atoms with Crippen LogP contribution in [0.1, 0.15) is 20.7 Å². The number of ether oxygens (including phenoxy) is 6. The van der Waals surface area contributed by atoms with Crippen LogP contribution in [0.5, 0.6) is 23.0 Å². The Hall–Kier alpha value is -4.48. The van der Waals surface area contributed by atoms with E-state index >= 15 is 0 Å². The zero-order chi connectivity index (χ0) is 26.6. The van der Waals surface area contributed by atoms with E-state index in [2.05, 4.69) is 0 Å². The highest BCUT2D eigenvalue weighted by Crippen LogP contribution is 2.27. The van der Waals surface area contributed by atoms with Gasteiger partial charge in [0.15, 0.2) is 0 Å². The molecule has 0 radical (unpaired) electrons. The molecule has 194 valence electrons. The Morgan fingerprint density at radius 3 is 1.84 bits per heavy atom. The van der Waals surface area contributed by atoms with Crippen molar-refractivity contribution < 1.29 is 42.9 Å². The third-order valence-electron chi connectivity index (χ3n) is 4.83. The highest BCUT2D eigenvalue weighted by Gasteiger charge is 2.18. The summed E-state index contributed by atoms with van der Waals surface area (Å²) >= 11 is 0. The minimum atomic E-state index is -0.676. The number of hydrogen-bond donors (Lipinski definition) is 0. The van der Waals surface area contributed by atoms with E-state index in [0.29, 0.717) is 25.6 Å². The molecule has 11 nitrogen and oxygen atoms in total. The van der Waals surface area contributed by atoms with Gasteiger partial charge in [0, 0.05) is 32.4 Å². The van der Waals surface area contributed by atoms with Gasteiger partial charge in [-0.15, -0.1) is 0 Å². The number of carbonyl (C=O) groups excluding carboxylic acids is 2. The molecule has 0 unspecified atom stereocenters. The molecular weight excluding hydrogens is 486 g/mol. The molecule has 0 bridgehead atoms. The lowest BCUT2D eigenvalue weighted by atomic mass is 10.2. The van der Waals surface area contributed by atoms with Crippen LogP contribution >= 0.6 is 0 Å². The zero-order valence-electron chi connectivity index (χ0n) is 20.2. The molecule has 0 aliphatic carbocycles. The first kappa shape index (κ1) is 27.1. The Morgan fingerprint density at radius 1 is 0.703 bits per heavy atom. The SMILES string of the molecule is COCCOc1ccc(C(=O)Oc2ccc(C(=O)Oc3ccc([N+](=O)[O-])cc3)cc2)c(OCCOC)c1.